The number of aliphatic hydroxyl groups excluding tert-OH is 11. The van der Waals surface area contributed by atoms with E-state index in [2.05, 4.69) is 5.32 Å². The van der Waals surface area contributed by atoms with Gasteiger partial charge in [-0.2, -0.15) is 0 Å². The number of ether oxygens (including phenoxy) is 6. The summed E-state index contributed by atoms with van der Waals surface area (Å²) < 4.78 is 33.3. The first kappa shape index (κ1) is 34.8. The topological polar surface area (TPSA) is 290 Å². The second-order valence-corrected chi connectivity index (χ2v) is 10.5. The molecule has 3 aliphatic heterocycles. The first-order valence-electron chi connectivity index (χ1n) is 13.2. The van der Waals surface area contributed by atoms with Crippen molar-refractivity contribution >= 4 is 0 Å². The van der Waals surface area contributed by atoms with E-state index >= 15 is 0 Å². The van der Waals surface area contributed by atoms with E-state index in [0.717, 1.165) is 0 Å². The number of hydrogen-bond donors (Lipinski definition) is 12. The van der Waals surface area contributed by atoms with Gasteiger partial charge in [0, 0.05) is 6.42 Å². The van der Waals surface area contributed by atoms with E-state index < -0.39 is 131 Å². The summed E-state index contributed by atoms with van der Waals surface area (Å²) >= 11 is 0. The van der Waals surface area contributed by atoms with Crippen LogP contribution in [0.3, 0.4) is 0 Å². The minimum atomic E-state index is -1.73. The molecule has 0 aliphatic carbocycles. The van der Waals surface area contributed by atoms with Crippen LogP contribution in [0.5, 0.6) is 0 Å². The molecule has 0 bridgehead atoms. The van der Waals surface area contributed by atoms with E-state index in [1.807, 2.05) is 0 Å². The third-order valence-electron chi connectivity index (χ3n) is 7.51. The highest BCUT2D eigenvalue weighted by atomic mass is 16.7. The van der Waals surface area contributed by atoms with Gasteiger partial charge < -0.3 is 89.9 Å². The first-order chi connectivity index (χ1) is 19.4. The second kappa shape index (κ2) is 15.3. The Morgan fingerprint density at radius 1 is 0.561 bits per heavy atom. The molecule has 14 unspecified atom stereocenters. The van der Waals surface area contributed by atoms with E-state index in [1.54, 1.807) is 0 Å². The summed E-state index contributed by atoms with van der Waals surface area (Å²) in [6, 6.07) is 0. The Morgan fingerprint density at radius 3 is 1.34 bits per heavy atom. The van der Waals surface area contributed by atoms with E-state index in [4.69, 9.17) is 28.4 Å². The maximum absolute atomic E-state index is 10.4. The van der Waals surface area contributed by atoms with Crippen molar-refractivity contribution < 1.29 is 84.6 Å². The summed E-state index contributed by atoms with van der Waals surface area (Å²) in [5.41, 5.74) is -1.45. The molecule has 3 aliphatic rings. The smallest absolute Gasteiger partial charge is 0.186 e. The maximum Gasteiger partial charge on any atom is 0.186 e. The molecule has 0 aromatic carbocycles. The standard InChI is InChI=1S/C23H43NO17/c1-24-23(6-36-20-10(29)2-9(28)11(3-25)39-20,7-37-21-18(34)16(32)14(30)12(4-26)40-21)8-38-22-19(35)17(33)15(31)13(5-27)41-22/h9-22,24-35H,2-8H2,1H3. The minimum Gasteiger partial charge on any atom is -0.394 e. The van der Waals surface area contributed by atoms with Crippen LogP contribution in [0.2, 0.25) is 0 Å². The van der Waals surface area contributed by atoms with Crippen LogP contribution in [0, 0.1) is 0 Å². The molecular weight excluding hydrogens is 562 g/mol. The number of nitrogens with one attached hydrogen (secondary N) is 1. The molecule has 0 amide bonds. The van der Waals surface area contributed by atoms with Crippen LogP contribution in [0.1, 0.15) is 6.42 Å². The van der Waals surface area contributed by atoms with Crippen LogP contribution in [0.15, 0.2) is 0 Å². The molecule has 3 fully saturated rings. The zero-order valence-corrected chi connectivity index (χ0v) is 22.4. The summed E-state index contributed by atoms with van der Waals surface area (Å²) in [4.78, 5) is 0. The van der Waals surface area contributed by atoms with Crippen LogP contribution in [-0.2, 0) is 28.4 Å². The Kier molecular flexibility index (Phi) is 13.0. The van der Waals surface area contributed by atoms with Gasteiger partial charge in [0.1, 0.15) is 61.0 Å². The molecule has 242 valence electrons. The van der Waals surface area contributed by atoms with Crippen LogP contribution >= 0.6 is 0 Å². The zero-order chi connectivity index (χ0) is 30.5. The SMILES string of the molecule is CNC(COC1OC(CO)C(O)CC1O)(COC1OC(CO)C(O)C(O)C1O)COC1OC(CO)C(O)C(O)C1O. The third-order valence-corrected chi connectivity index (χ3v) is 7.51. The number of aliphatic hydroxyl groups is 11. The fourth-order valence-corrected chi connectivity index (χ4v) is 4.66. The van der Waals surface area contributed by atoms with E-state index in [1.165, 1.54) is 7.05 Å². The zero-order valence-electron chi connectivity index (χ0n) is 22.4. The van der Waals surface area contributed by atoms with Crippen molar-refractivity contribution in [2.24, 2.45) is 0 Å². The van der Waals surface area contributed by atoms with E-state index in [9.17, 15) is 56.2 Å². The Morgan fingerprint density at radius 2 is 0.951 bits per heavy atom. The van der Waals surface area contributed by atoms with Crippen LogP contribution in [-0.4, -0.2) is 194 Å². The lowest BCUT2D eigenvalue weighted by Crippen LogP contribution is -2.63. The molecule has 41 heavy (non-hydrogen) atoms. The predicted molar refractivity (Wildman–Crippen MR) is 130 cm³/mol. The molecule has 3 rings (SSSR count). The lowest BCUT2D eigenvalue weighted by Gasteiger charge is -2.44. The summed E-state index contributed by atoms with van der Waals surface area (Å²) in [5.74, 6) is 0. The lowest BCUT2D eigenvalue weighted by atomic mass is 9.98. The molecule has 3 saturated heterocycles. The van der Waals surface area contributed by atoms with Gasteiger partial charge in [-0.3, -0.25) is 0 Å². The highest BCUT2D eigenvalue weighted by Gasteiger charge is 2.48. The largest absolute Gasteiger partial charge is 0.394 e. The van der Waals surface area contributed by atoms with Gasteiger partial charge in [0.25, 0.3) is 0 Å². The molecule has 18 nitrogen and oxygen atoms in total. The Hall–Kier alpha value is -0.720. The van der Waals surface area contributed by atoms with Gasteiger partial charge in [0.2, 0.25) is 0 Å². The van der Waals surface area contributed by atoms with Crippen molar-refractivity contribution in [2.75, 3.05) is 46.7 Å². The summed E-state index contributed by atoms with van der Waals surface area (Å²) in [6.07, 6.45) is -20.7. The minimum absolute atomic E-state index is 0.162. The number of likely N-dealkylation sites (N-methyl/N-ethyl adjacent to an activating group) is 1. The van der Waals surface area contributed by atoms with Crippen molar-refractivity contribution in [3.8, 4) is 0 Å². The molecule has 0 spiro atoms. The maximum atomic E-state index is 10.4. The summed E-state index contributed by atoms with van der Waals surface area (Å²) in [5, 5.41) is 113. The van der Waals surface area contributed by atoms with Gasteiger partial charge in [0.15, 0.2) is 18.9 Å². The number of rotatable bonds is 13. The Balaban J connectivity index is 1.76. The highest BCUT2D eigenvalue weighted by Crippen LogP contribution is 2.27. The van der Waals surface area contributed by atoms with Crippen molar-refractivity contribution in [1.29, 1.82) is 0 Å². The van der Waals surface area contributed by atoms with Crippen LogP contribution in [0.25, 0.3) is 0 Å². The van der Waals surface area contributed by atoms with Gasteiger partial charge in [-0.25, -0.2) is 0 Å². The third kappa shape index (κ3) is 8.06. The molecule has 0 radical (unpaired) electrons. The molecule has 0 saturated carbocycles. The lowest BCUT2D eigenvalue weighted by molar-refractivity contribution is -0.319. The molecular formula is C23H43NO17. The summed E-state index contributed by atoms with van der Waals surface area (Å²) in [6.45, 7) is -3.23. The first-order valence-corrected chi connectivity index (χ1v) is 13.2. The van der Waals surface area contributed by atoms with Crippen molar-refractivity contribution in [1.82, 2.24) is 5.32 Å². The average molecular weight is 606 g/mol. The Labute approximate surface area is 235 Å². The molecule has 18 heteroatoms. The molecule has 12 N–H and O–H groups in total. The van der Waals surface area contributed by atoms with Crippen molar-refractivity contribution in [3.05, 3.63) is 0 Å². The second-order valence-electron chi connectivity index (χ2n) is 10.5. The van der Waals surface area contributed by atoms with Crippen molar-refractivity contribution in [2.45, 2.75) is 98.0 Å². The average Bonchev–Trinajstić information content (AvgIpc) is 2.97. The Bertz CT molecular complexity index is 738. The summed E-state index contributed by atoms with van der Waals surface area (Å²) in [7, 11) is 1.45. The van der Waals surface area contributed by atoms with Gasteiger partial charge in [-0.05, 0) is 7.05 Å². The fourth-order valence-electron chi connectivity index (χ4n) is 4.66. The van der Waals surface area contributed by atoms with Gasteiger partial charge in [-0.1, -0.05) is 0 Å². The number of hydrogen-bond acceptors (Lipinski definition) is 18. The molecule has 14 atom stereocenters. The van der Waals surface area contributed by atoms with Crippen LogP contribution < -0.4 is 5.32 Å². The fraction of sp³-hybridized carbons (Fsp3) is 1.00. The molecule has 3 heterocycles. The molecule has 0 aromatic heterocycles. The normalized spacial score (nSPS) is 45.4. The predicted octanol–water partition coefficient (Wildman–Crippen LogP) is -7.58. The van der Waals surface area contributed by atoms with Crippen LogP contribution in [0.4, 0.5) is 0 Å². The highest BCUT2D eigenvalue weighted by molar-refractivity contribution is 4.94. The van der Waals surface area contributed by atoms with Gasteiger partial charge >= 0.3 is 0 Å². The monoisotopic (exact) mass is 605 g/mol. The molecule has 0 aromatic rings. The van der Waals surface area contributed by atoms with Gasteiger partial charge in [0.05, 0.1) is 51.3 Å². The quantitative estimate of drug-likeness (QED) is 0.0928. The van der Waals surface area contributed by atoms with E-state index in [-0.39, 0.29) is 6.42 Å². The van der Waals surface area contributed by atoms with E-state index in [0.29, 0.717) is 0 Å². The van der Waals surface area contributed by atoms with Crippen molar-refractivity contribution in [3.63, 3.8) is 0 Å². The van der Waals surface area contributed by atoms with Gasteiger partial charge in [-0.15, -0.1) is 0 Å².